The molecule has 0 spiro atoms. The van der Waals surface area contributed by atoms with E-state index in [-0.39, 0.29) is 33.9 Å². The number of hydrogen-bond acceptors (Lipinski definition) is 4. The molecule has 124 valence electrons. The fourth-order valence-electron chi connectivity index (χ4n) is 2.78. The van der Waals surface area contributed by atoms with Crippen molar-refractivity contribution in [3.05, 3.63) is 22.6 Å². The first-order valence-electron chi connectivity index (χ1n) is 7.18. The maximum atomic E-state index is 14.1. The predicted molar refractivity (Wildman–Crippen MR) is 83.8 cm³/mol. The number of pyridine rings is 1. The van der Waals surface area contributed by atoms with E-state index in [4.69, 9.17) is 22.0 Å². The van der Waals surface area contributed by atoms with Gasteiger partial charge in [0.1, 0.15) is 11.2 Å². The molecule has 6 nitrogen and oxygen atoms in total. The van der Waals surface area contributed by atoms with Crippen molar-refractivity contribution in [1.82, 2.24) is 10.3 Å². The van der Waals surface area contributed by atoms with Crippen molar-refractivity contribution < 1.29 is 14.3 Å². The first-order valence-corrected chi connectivity index (χ1v) is 7.55. The largest absolute Gasteiger partial charge is 0.465 e. The second-order valence-corrected chi connectivity index (χ2v) is 6.83. The monoisotopic (exact) mass is 340 g/mol. The number of nitrogens with zero attached hydrogens (tertiary/aromatic N) is 2. The summed E-state index contributed by atoms with van der Waals surface area (Å²) in [6, 6.07) is 1.99. The Labute approximate surface area is 138 Å². The molecule has 1 saturated carbocycles. The first kappa shape index (κ1) is 17.3. The zero-order valence-electron chi connectivity index (χ0n) is 13.0. The van der Waals surface area contributed by atoms with Crippen LogP contribution in [-0.4, -0.2) is 28.3 Å². The normalized spacial score (nSPS) is 21.0. The van der Waals surface area contributed by atoms with Gasteiger partial charge in [-0.05, 0) is 30.7 Å². The van der Waals surface area contributed by atoms with Crippen LogP contribution in [-0.2, 0) is 0 Å². The van der Waals surface area contributed by atoms with Crippen molar-refractivity contribution in [1.29, 1.82) is 5.26 Å². The number of carboxylic acid groups (broad SMARTS) is 1. The van der Waals surface area contributed by atoms with Crippen molar-refractivity contribution in [2.45, 2.75) is 39.3 Å². The maximum Gasteiger partial charge on any atom is 0.404 e. The third kappa shape index (κ3) is 3.82. The van der Waals surface area contributed by atoms with Crippen LogP contribution in [0.3, 0.4) is 0 Å². The van der Waals surface area contributed by atoms with E-state index >= 15 is 0 Å². The number of hydrogen-bond donors (Lipinski definition) is 3. The minimum atomic E-state index is -1.14. The van der Waals surface area contributed by atoms with Gasteiger partial charge in [0.25, 0.3) is 0 Å². The van der Waals surface area contributed by atoms with Crippen LogP contribution in [0.1, 0.15) is 32.8 Å². The van der Waals surface area contributed by atoms with Gasteiger partial charge in [0.15, 0.2) is 11.6 Å². The number of nitriles is 1. The number of amides is 1. The number of nitrogens with one attached hydrogen (secondary N) is 2. The molecule has 0 saturated heterocycles. The zero-order chi connectivity index (χ0) is 17.4. The second kappa shape index (κ2) is 6.20. The van der Waals surface area contributed by atoms with Crippen LogP contribution in [0.2, 0.25) is 5.15 Å². The molecule has 23 heavy (non-hydrogen) atoms. The lowest BCUT2D eigenvalue weighted by atomic mass is 9.98. The summed E-state index contributed by atoms with van der Waals surface area (Å²) in [6.45, 7) is 5.84. The Bertz CT molecular complexity index is 674. The highest BCUT2D eigenvalue weighted by atomic mass is 35.5. The molecule has 3 atom stereocenters. The van der Waals surface area contributed by atoms with Crippen molar-refractivity contribution in [2.24, 2.45) is 11.3 Å². The summed E-state index contributed by atoms with van der Waals surface area (Å²) >= 11 is 5.85. The molecule has 0 bridgehead atoms. The van der Waals surface area contributed by atoms with Crippen LogP contribution in [0.25, 0.3) is 0 Å². The van der Waals surface area contributed by atoms with E-state index in [0.717, 1.165) is 12.5 Å². The number of anilines is 1. The number of rotatable bonds is 5. The molecular formula is C15H18ClFN4O2. The van der Waals surface area contributed by atoms with E-state index in [2.05, 4.69) is 29.5 Å². The summed E-state index contributed by atoms with van der Waals surface area (Å²) in [5.74, 6) is -0.613. The topological polar surface area (TPSA) is 98.0 Å². The summed E-state index contributed by atoms with van der Waals surface area (Å²) in [4.78, 5) is 14.8. The summed E-state index contributed by atoms with van der Waals surface area (Å²) in [5, 5.41) is 23.0. The van der Waals surface area contributed by atoms with Crippen LogP contribution in [0, 0.1) is 28.5 Å². The van der Waals surface area contributed by atoms with Gasteiger partial charge in [0.05, 0.1) is 11.6 Å². The zero-order valence-corrected chi connectivity index (χ0v) is 13.8. The maximum absolute atomic E-state index is 14.1. The van der Waals surface area contributed by atoms with Gasteiger partial charge in [0.2, 0.25) is 0 Å². The van der Waals surface area contributed by atoms with Gasteiger partial charge < -0.3 is 15.7 Å². The Morgan fingerprint density at radius 3 is 2.74 bits per heavy atom. The lowest BCUT2D eigenvalue weighted by Gasteiger charge is -2.27. The molecule has 8 heteroatoms. The Morgan fingerprint density at radius 1 is 1.65 bits per heavy atom. The molecule has 1 aromatic rings. The number of carbonyl (C=O) groups is 1. The summed E-state index contributed by atoms with van der Waals surface area (Å²) in [5.41, 5.74) is -0.00590. The molecular weight excluding hydrogens is 323 g/mol. The van der Waals surface area contributed by atoms with Gasteiger partial charge in [-0.3, -0.25) is 0 Å². The van der Waals surface area contributed by atoms with Crippen molar-refractivity contribution in [2.75, 3.05) is 5.32 Å². The summed E-state index contributed by atoms with van der Waals surface area (Å²) < 4.78 is 14.1. The smallest absolute Gasteiger partial charge is 0.404 e. The Kier molecular flexibility index (Phi) is 4.66. The standard InChI is InChI=1S/C15H18ClFN4O2/c1-7(19-14(22)23)11(9-5-15(9,2)3)20-13-10(17)4-8(6-18)12(16)21-13/h4,7,9,11,19H,5H2,1-3H3,(H,20,21)(H,22,23)/t7-,9+,11-/m0/s1. The van der Waals surface area contributed by atoms with Gasteiger partial charge in [-0.1, -0.05) is 25.4 Å². The van der Waals surface area contributed by atoms with E-state index in [1.807, 2.05) is 0 Å². The molecule has 1 amide bonds. The third-order valence-electron chi connectivity index (χ3n) is 4.27. The fourth-order valence-corrected chi connectivity index (χ4v) is 2.96. The second-order valence-electron chi connectivity index (χ2n) is 6.48. The molecule has 0 aliphatic heterocycles. The van der Waals surface area contributed by atoms with Gasteiger partial charge in [0, 0.05) is 6.04 Å². The van der Waals surface area contributed by atoms with Gasteiger partial charge in [-0.25, -0.2) is 14.2 Å². The SMILES string of the molecule is C[C@H](NC(=O)O)[C@H](Nc1nc(Cl)c(C#N)cc1F)[C@H]1CC1(C)C. The third-order valence-corrected chi connectivity index (χ3v) is 4.55. The van der Waals surface area contributed by atoms with E-state index in [9.17, 15) is 9.18 Å². The lowest BCUT2D eigenvalue weighted by Crippen LogP contribution is -2.46. The Morgan fingerprint density at radius 2 is 2.26 bits per heavy atom. The van der Waals surface area contributed by atoms with Gasteiger partial charge in [-0.2, -0.15) is 5.26 Å². The summed E-state index contributed by atoms with van der Waals surface area (Å²) in [7, 11) is 0. The van der Waals surface area contributed by atoms with E-state index in [1.54, 1.807) is 13.0 Å². The minimum Gasteiger partial charge on any atom is -0.465 e. The van der Waals surface area contributed by atoms with Crippen LogP contribution >= 0.6 is 11.6 Å². The van der Waals surface area contributed by atoms with Crippen LogP contribution < -0.4 is 10.6 Å². The Hall–Kier alpha value is -2.07. The highest BCUT2D eigenvalue weighted by molar-refractivity contribution is 6.30. The molecule has 2 rings (SSSR count). The predicted octanol–water partition coefficient (Wildman–Crippen LogP) is 3.23. The molecule has 1 fully saturated rings. The summed E-state index contributed by atoms with van der Waals surface area (Å²) in [6.07, 6.45) is -0.254. The molecule has 0 aromatic carbocycles. The van der Waals surface area contributed by atoms with Crippen LogP contribution in [0.15, 0.2) is 6.07 Å². The molecule has 1 aromatic heterocycles. The number of aromatic nitrogens is 1. The van der Waals surface area contributed by atoms with Gasteiger partial charge >= 0.3 is 6.09 Å². The molecule has 1 aliphatic rings. The quantitative estimate of drug-likeness (QED) is 0.715. The van der Waals surface area contributed by atoms with E-state index in [0.29, 0.717) is 0 Å². The molecule has 1 aliphatic carbocycles. The van der Waals surface area contributed by atoms with Crippen LogP contribution in [0.4, 0.5) is 15.0 Å². The minimum absolute atomic E-state index is 0.0407. The van der Waals surface area contributed by atoms with E-state index < -0.39 is 18.0 Å². The highest BCUT2D eigenvalue weighted by Gasteiger charge is 2.52. The van der Waals surface area contributed by atoms with Crippen molar-refractivity contribution in [3.8, 4) is 6.07 Å². The fraction of sp³-hybridized carbons (Fsp3) is 0.533. The van der Waals surface area contributed by atoms with Crippen molar-refractivity contribution in [3.63, 3.8) is 0 Å². The molecule has 0 unspecified atom stereocenters. The number of halogens is 2. The van der Waals surface area contributed by atoms with E-state index in [1.165, 1.54) is 0 Å². The molecule has 3 N–H and O–H groups in total. The average molecular weight is 341 g/mol. The first-order chi connectivity index (χ1) is 10.7. The lowest BCUT2D eigenvalue weighted by molar-refractivity contribution is 0.188. The van der Waals surface area contributed by atoms with Gasteiger partial charge in [-0.15, -0.1) is 0 Å². The van der Waals surface area contributed by atoms with Crippen molar-refractivity contribution >= 4 is 23.5 Å². The molecule has 1 heterocycles. The van der Waals surface area contributed by atoms with Crippen LogP contribution in [0.5, 0.6) is 0 Å². The Balaban J connectivity index is 2.26. The average Bonchev–Trinajstić information content (AvgIpc) is 3.06. The molecule has 0 radical (unpaired) electrons. The highest BCUT2D eigenvalue weighted by Crippen LogP contribution is 2.54.